The molecule has 2 aliphatic rings. The smallest absolute Gasteiger partial charge is 0.304 e. The van der Waals surface area contributed by atoms with Crippen LogP contribution in [0.5, 0.6) is 0 Å². The Bertz CT molecular complexity index is 1290. The van der Waals surface area contributed by atoms with E-state index in [1.54, 1.807) is 61.5 Å². The van der Waals surface area contributed by atoms with Gasteiger partial charge in [-0.05, 0) is 43.3 Å². The van der Waals surface area contributed by atoms with Gasteiger partial charge in [-0.15, -0.1) is 0 Å². The highest BCUT2D eigenvalue weighted by Gasteiger charge is 2.51. The molecule has 3 heterocycles. The van der Waals surface area contributed by atoms with Crippen molar-refractivity contribution in [2.75, 3.05) is 9.80 Å². The second-order valence-electron chi connectivity index (χ2n) is 6.90. The number of nitrogens with zero attached hydrogens (tertiary/aromatic N) is 2. The number of para-hydroxylation sites is 3. The van der Waals surface area contributed by atoms with Crippen molar-refractivity contribution in [3.63, 3.8) is 0 Å². The number of benzene rings is 2. The number of Topliss-reactive ketones (excluding diaryl/α,β-unsaturated/α-hetero) is 2. The lowest BCUT2D eigenvalue weighted by molar-refractivity contribution is -0.132. The Morgan fingerprint density at radius 1 is 0.767 bits per heavy atom. The third-order valence-electron chi connectivity index (χ3n) is 5.06. The fourth-order valence-corrected chi connectivity index (χ4v) is 3.74. The van der Waals surface area contributed by atoms with Crippen LogP contribution in [0.15, 0.2) is 82.4 Å². The van der Waals surface area contributed by atoms with Gasteiger partial charge in [0.25, 0.3) is 11.7 Å². The molecule has 0 unspecified atom stereocenters. The number of hydrogen-bond donors (Lipinski definition) is 0. The average Bonchev–Trinajstić information content (AvgIpc) is 3.31. The number of carbonyl (C=O) groups is 4. The summed E-state index contributed by atoms with van der Waals surface area (Å²) in [5.41, 5.74) is 0.616. The van der Waals surface area contributed by atoms with E-state index >= 15 is 0 Å². The fraction of sp³-hybridized carbons (Fsp3) is 0.0435. The van der Waals surface area contributed by atoms with Crippen LogP contribution in [0.1, 0.15) is 16.3 Å². The second kappa shape index (κ2) is 6.38. The second-order valence-corrected chi connectivity index (χ2v) is 6.90. The molecule has 3 aromatic rings. The quantitative estimate of drug-likeness (QED) is 0.384. The Hall–Kier alpha value is -4.26. The van der Waals surface area contributed by atoms with E-state index in [2.05, 4.69) is 0 Å². The van der Waals surface area contributed by atoms with Gasteiger partial charge in [0.1, 0.15) is 17.0 Å². The molecule has 0 N–H and O–H groups in total. The highest BCUT2D eigenvalue weighted by molar-refractivity contribution is 6.60. The lowest BCUT2D eigenvalue weighted by Gasteiger charge is -2.35. The molecule has 2 aliphatic heterocycles. The number of aryl methyl sites for hydroxylation is 1. The summed E-state index contributed by atoms with van der Waals surface area (Å²) in [4.78, 5) is 54.7. The highest BCUT2D eigenvalue weighted by Crippen LogP contribution is 2.45. The van der Waals surface area contributed by atoms with Crippen molar-refractivity contribution >= 4 is 40.4 Å². The van der Waals surface area contributed by atoms with Crippen molar-refractivity contribution in [1.29, 1.82) is 0 Å². The van der Waals surface area contributed by atoms with Gasteiger partial charge in [-0.25, -0.2) is 0 Å². The predicted molar refractivity (Wildman–Crippen MR) is 107 cm³/mol. The number of carbonyl (C=O) groups excluding carboxylic acids is 4. The van der Waals surface area contributed by atoms with Gasteiger partial charge >= 0.3 is 5.91 Å². The first-order valence-corrected chi connectivity index (χ1v) is 9.22. The monoisotopic (exact) mass is 398 g/mol. The Morgan fingerprint density at radius 2 is 1.40 bits per heavy atom. The molecule has 0 fully saturated rings. The number of rotatable bonds is 3. The van der Waals surface area contributed by atoms with Gasteiger partial charge in [0.15, 0.2) is 5.76 Å². The van der Waals surface area contributed by atoms with Crippen LogP contribution in [0, 0.1) is 6.92 Å². The van der Waals surface area contributed by atoms with Crippen LogP contribution in [0.4, 0.5) is 17.1 Å². The van der Waals surface area contributed by atoms with Crippen molar-refractivity contribution in [1.82, 2.24) is 0 Å². The summed E-state index contributed by atoms with van der Waals surface area (Å²) in [5, 5.41) is 0. The molecule has 5 rings (SSSR count). The fourth-order valence-electron chi connectivity index (χ4n) is 3.74. The summed E-state index contributed by atoms with van der Waals surface area (Å²) >= 11 is 0. The topological polar surface area (TPSA) is 87.9 Å². The molecular formula is C23H14N2O5. The van der Waals surface area contributed by atoms with Crippen LogP contribution in [0.2, 0.25) is 0 Å². The van der Waals surface area contributed by atoms with E-state index in [1.165, 1.54) is 11.0 Å². The van der Waals surface area contributed by atoms with Gasteiger partial charge in [0.05, 0.1) is 11.4 Å². The minimum absolute atomic E-state index is 0.101. The minimum Gasteiger partial charge on any atom is -0.458 e. The van der Waals surface area contributed by atoms with E-state index in [4.69, 9.17) is 4.42 Å². The first kappa shape index (κ1) is 17.8. The first-order chi connectivity index (χ1) is 14.5. The molecule has 0 bridgehead atoms. The van der Waals surface area contributed by atoms with E-state index < -0.39 is 29.0 Å². The van der Waals surface area contributed by atoms with E-state index in [9.17, 15) is 19.2 Å². The third kappa shape index (κ3) is 2.39. The van der Waals surface area contributed by atoms with Gasteiger partial charge in [-0.2, -0.15) is 0 Å². The minimum atomic E-state index is -1.03. The number of furan rings is 1. The van der Waals surface area contributed by atoms with Crippen LogP contribution < -0.4 is 9.80 Å². The summed E-state index contributed by atoms with van der Waals surface area (Å²) in [7, 11) is 0. The maximum atomic E-state index is 13.6. The maximum absolute atomic E-state index is 13.6. The van der Waals surface area contributed by atoms with E-state index in [0.29, 0.717) is 22.8 Å². The number of fused-ring (bicyclic) bond motifs is 3. The van der Waals surface area contributed by atoms with E-state index in [0.717, 1.165) is 4.90 Å². The molecule has 1 aromatic heterocycles. The Labute approximate surface area is 170 Å². The molecule has 2 aromatic carbocycles. The van der Waals surface area contributed by atoms with Crippen LogP contribution in [0.3, 0.4) is 0 Å². The van der Waals surface area contributed by atoms with Crippen LogP contribution in [-0.4, -0.2) is 23.4 Å². The molecule has 7 nitrogen and oxygen atoms in total. The summed E-state index contributed by atoms with van der Waals surface area (Å²) in [6.45, 7) is 1.65. The molecule has 0 saturated heterocycles. The summed E-state index contributed by atoms with van der Waals surface area (Å²) in [6, 6.07) is 18.6. The van der Waals surface area contributed by atoms with Crippen molar-refractivity contribution in [2.24, 2.45) is 0 Å². The number of hydrogen-bond acceptors (Lipinski definition) is 5. The van der Waals surface area contributed by atoms with Crippen LogP contribution in [-0.2, 0) is 14.4 Å². The Balaban J connectivity index is 1.77. The molecule has 30 heavy (non-hydrogen) atoms. The summed E-state index contributed by atoms with van der Waals surface area (Å²) < 4.78 is 5.35. The lowest BCUT2D eigenvalue weighted by atomic mass is 10.0. The largest absolute Gasteiger partial charge is 0.458 e. The van der Waals surface area contributed by atoms with E-state index in [-0.39, 0.29) is 11.5 Å². The van der Waals surface area contributed by atoms with Crippen LogP contribution >= 0.6 is 0 Å². The number of anilines is 3. The average molecular weight is 398 g/mol. The van der Waals surface area contributed by atoms with Crippen LogP contribution in [0.25, 0.3) is 0 Å². The molecule has 0 radical (unpaired) electrons. The maximum Gasteiger partial charge on any atom is 0.304 e. The first-order valence-electron chi connectivity index (χ1n) is 9.22. The van der Waals surface area contributed by atoms with Gasteiger partial charge in [-0.1, -0.05) is 30.3 Å². The lowest BCUT2D eigenvalue weighted by Crippen LogP contribution is -2.42. The van der Waals surface area contributed by atoms with Gasteiger partial charge in [0, 0.05) is 5.69 Å². The van der Waals surface area contributed by atoms with Crippen molar-refractivity contribution < 1.29 is 23.6 Å². The summed E-state index contributed by atoms with van der Waals surface area (Å²) in [5.74, 6) is -3.02. The zero-order valence-corrected chi connectivity index (χ0v) is 15.8. The SMILES string of the molecule is Cc1ccc(C(=O)C2=C3C(=O)N(c4ccccc4)c4ccccc4N3C(=O)C2=O)o1. The highest BCUT2D eigenvalue weighted by atomic mass is 16.3. The molecule has 0 aliphatic carbocycles. The Kier molecular flexibility index (Phi) is 3.79. The van der Waals surface area contributed by atoms with Crippen molar-refractivity contribution in [3.8, 4) is 0 Å². The zero-order valence-electron chi connectivity index (χ0n) is 15.8. The molecular weight excluding hydrogens is 384 g/mol. The number of amides is 2. The molecule has 0 saturated carbocycles. The third-order valence-corrected chi connectivity index (χ3v) is 5.06. The molecule has 146 valence electrons. The number of ketones is 2. The molecule has 0 spiro atoms. The predicted octanol–water partition coefficient (Wildman–Crippen LogP) is 3.32. The standard InChI is InChI=1S/C23H14N2O5/c1-13-11-12-17(30-13)20(26)18-19-22(28)24(14-7-3-2-4-8-14)15-9-5-6-10-16(15)25(19)23(29)21(18)27/h2-12H,1H3. The van der Waals surface area contributed by atoms with E-state index in [1.807, 2.05) is 6.07 Å². The molecule has 0 atom stereocenters. The van der Waals surface area contributed by atoms with Gasteiger partial charge in [0.2, 0.25) is 5.78 Å². The van der Waals surface area contributed by atoms with Gasteiger partial charge < -0.3 is 4.42 Å². The zero-order chi connectivity index (χ0) is 21.0. The van der Waals surface area contributed by atoms with Crippen molar-refractivity contribution in [2.45, 2.75) is 6.92 Å². The summed E-state index contributed by atoms with van der Waals surface area (Å²) in [6.07, 6.45) is 0. The normalized spacial score (nSPS) is 15.6. The molecule has 2 amide bonds. The van der Waals surface area contributed by atoms with Crippen molar-refractivity contribution in [3.05, 3.63) is 89.5 Å². The Morgan fingerprint density at radius 3 is 2.03 bits per heavy atom. The molecule has 7 heteroatoms. The van der Waals surface area contributed by atoms with Gasteiger partial charge in [-0.3, -0.25) is 29.0 Å².